The molecule has 5 heteroatoms. The molecule has 1 aromatic carbocycles. The largest absolute Gasteiger partial charge is 0.492 e. The lowest BCUT2D eigenvalue weighted by Crippen LogP contribution is -2.28. The molecule has 1 aromatic heterocycles. The van der Waals surface area contributed by atoms with Crippen LogP contribution in [-0.2, 0) is 0 Å². The summed E-state index contributed by atoms with van der Waals surface area (Å²) in [5.74, 6) is 1.21. The number of nitrogens with one attached hydrogen (secondary N) is 1. The van der Waals surface area contributed by atoms with Gasteiger partial charge in [0.25, 0.3) is 0 Å². The van der Waals surface area contributed by atoms with Crippen LogP contribution in [0.5, 0.6) is 5.75 Å². The molecular weight excluding hydrogens is 326 g/mol. The minimum absolute atomic E-state index is 0.409. The van der Waals surface area contributed by atoms with Crippen molar-refractivity contribution in [2.75, 3.05) is 19.7 Å². The van der Waals surface area contributed by atoms with Crippen LogP contribution in [0.25, 0.3) is 11.1 Å². The van der Waals surface area contributed by atoms with Crippen molar-refractivity contribution in [1.82, 2.24) is 10.3 Å². The number of benzene rings is 1. The average molecular weight is 353 g/mol. The van der Waals surface area contributed by atoms with E-state index in [9.17, 15) is 4.79 Å². The smallest absolute Gasteiger partial charge is 0.250 e. The van der Waals surface area contributed by atoms with Crippen molar-refractivity contribution < 1.29 is 9.53 Å². The summed E-state index contributed by atoms with van der Waals surface area (Å²) < 4.78 is 5.80. The lowest BCUT2D eigenvalue weighted by Gasteiger charge is -2.21. The highest BCUT2D eigenvalue weighted by atomic mass is 16.5. The molecule has 2 aromatic rings. The Bertz CT molecular complexity index is 709. The second kappa shape index (κ2) is 9.34. The van der Waals surface area contributed by atoms with Gasteiger partial charge in [0.15, 0.2) is 0 Å². The van der Waals surface area contributed by atoms with Crippen LogP contribution in [-0.4, -0.2) is 30.6 Å². The Balaban J connectivity index is 1.44. The molecule has 1 aliphatic carbocycles. The van der Waals surface area contributed by atoms with Crippen molar-refractivity contribution in [3.05, 3.63) is 48.3 Å². The molecule has 0 atom stereocenters. The number of aromatic nitrogens is 1. The monoisotopic (exact) mass is 353 g/mol. The van der Waals surface area contributed by atoms with E-state index in [1.165, 1.54) is 38.3 Å². The summed E-state index contributed by atoms with van der Waals surface area (Å²) >= 11 is 0. The van der Waals surface area contributed by atoms with E-state index in [4.69, 9.17) is 10.5 Å². The van der Waals surface area contributed by atoms with Gasteiger partial charge in [-0.2, -0.15) is 0 Å². The lowest BCUT2D eigenvalue weighted by molar-refractivity contribution is 0.1000. The summed E-state index contributed by atoms with van der Waals surface area (Å²) in [6.07, 6.45) is 10.1. The van der Waals surface area contributed by atoms with E-state index in [1.54, 1.807) is 12.3 Å². The molecule has 0 aliphatic heterocycles. The predicted molar refractivity (Wildman–Crippen MR) is 103 cm³/mol. The molecule has 5 nitrogen and oxygen atoms in total. The van der Waals surface area contributed by atoms with E-state index < -0.39 is 5.91 Å². The number of ether oxygens (including phenoxy) is 1. The molecule has 1 amide bonds. The number of nitrogens with two attached hydrogens (primary N) is 1. The number of carbonyl (C=O) groups excluding carboxylic acids is 1. The van der Waals surface area contributed by atoms with Crippen LogP contribution < -0.4 is 15.8 Å². The van der Waals surface area contributed by atoms with Crippen molar-refractivity contribution in [1.29, 1.82) is 0 Å². The summed E-state index contributed by atoms with van der Waals surface area (Å²) in [5, 5.41) is 3.50. The molecule has 0 unspecified atom stereocenters. The number of nitrogens with zero attached hydrogens (tertiary/aromatic N) is 1. The SMILES string of the molecule is NC(=O)c1cncc(-c2ccc(OCCNCC3CCCCC3)cc2)c1. The highest BCUT2D eigenvalue weighted by Crippen LogP contribution is 2.23. The van der Waals surface area contributed by atoms with Crippen molar-refractivity contribution in [3.8, 4) is 16.9 Å². The number of carbonyl (C=O) groups is 1. The zero-order valence-corrected chi connectivity index (χ0v) is 15.1. The van der Waals surface area contributed by atoms with E-state index in [0.29, 0.717) is 12.2 Å². The molecule has 3 N–H and O–H groups in total. The number of primary amides is 1. The van der Waals surface area contributed by atoms with Gasteiger partial charge in [-0.1, -0.05) is 31.4 Å². The summed E-state index contributed by atoms with van der Waals surface area (Å²) in [5.41, 5.74) is 7.55. The Morgan fingerprint density at radius 1 is 1.12 bits per heavy atom. The highest BCUT2D eigenvalue weighted by Gasteiger charge is 2.12. The predicted octanol–water partition coefficient (Wildman–Crippen LogP) is 3.40. The molecule has 3 rings (SSSR count). The summed E-state index contributed by atoms with van der Waals surface area (Å²) in [4.78, 5) is 15.3. The van der Waals surface area contributed by atoms with Crippen LogP contribution in [0, 0.1) is 5.92 Å². The van der Waals surface area contributed by atoms with Gasteiger partial charge in [-0.05, 0) is 49.1 Å². The third-order valence-corrected chi connectivity index (χ3v) is 4.92. The van der Waals surface area contributed by atoms with E-state index >= 15 is 0 Å². The molecule has 0 saturated heterocycles. The highest BCUT2D eigenvalue weighted by molar-refractivity contribution is 5.93. The lowest BCUT2D eigenvalue weighted by atomic mass is 9.89. The van der Waals surface area contributed by atoms with Gasteiger partial charge >= 0.3 is 0 Å². The fraction of sp³-hybridized carbons (Fsp3) is 0.429. The number of hydrogen-bond donors (Lipinski definition) is 2. The van der Waals surface area contributed by atoms with E-state index in [1.807, 2.05) is 24.3 Å². The molecule has 1 aliphatic rings. The van der Waals surface area contributed by atoms with Crippen molar-refractivity contribution in [3.63, 3.8) is 0 Å². The van der Waals surface area contributed by atoms with Gasteiger partial charge in [-0.3, -0.25) is 9.78 Å². The summed E-state index contributed by atoms with van der Waals surface area (Å²) in [7, 11) is 0. The first-order chi connectivity index (χ1) is 12.7. The van der Waals surface area contributed by atoms with Crippen molar-refractivity contribution in [2.45, 2.75) is 32.1 Å². The maximum absolute atomic E-state index is 11.3. The van der Waals surface area contributed by atoms with Crippen molar-refractivity contribution >= 4 is 5.91 Å². The first-order valence-electron chi connectivity index (χ1n) is 9.41. The topological polar surface area (TPSA) is 77.2 Å². The van der Waals surface area contributed by atoms with Crippen LogP contribution >= 0.6 is 0 Å². The molecule has 1 saturated carbocycles. The van der Waals surface area contributed by atoms with E-state index in [2.05, 4.69) is 10.3 Å². The maximum atomic E-state index is 11.3. The normalized spacial score (nSPS) is 14.9. The second-order valence-corrected chi connectivity index (χ2v) is 6.91. The minimum Gasteiger partial charge on any atom is -0.492 e. The zero-order chi connectivity index (χ0) is 18.2. The molecule has 0 radical (unpaired) electrons. The minimum atomic E-state index is -0.472. The zero-order valence-electron chi connectivity index (χ0n) is 15.1. The molecule has 1 heterocycles. The Morgan fingerprint density at radius 3 is 2.62 bits per heavy atom. The maximum Gasteiger partial charge on any atom is 0.250 e. The Hall–Kier alpha value is -2.40. The van der Waals surface area contributed by atoms with Gasteiger partial charge in [-0.15, -0.1) is 0 Å². The van der Waals surface area contributed by atoms with Gasteiger partial charge in [0.05, 0.1) is 5.56 Å². The number of pyridine rings is 1. The van der Waals surface area contributed by atoms with Crippen molar-refractivity contribution in [2.24, 2.45) is 11.7 Å². The van der Waals surface area contributed by atoms with Gasteiger partial charge in [0.1, 0.15) is 12.4 Å². The Labute approximate surface area is 155 Å². The number of hydrogen-bond acceptors (Lipinski definition) is 4. The fourth-order valence-electron chi connectivity index (χ4n) is 3.41. The summed E-state index contributed by atoms with van der Waals surface area (Å²) in [6, 6.07) is 9.56. The van der Waals surface area contributed by atoms with Gasteiger partial charge in [0.2, 0.25) is 5.91 Å². The van der Waals surface area contributed by atoms with Crippen LogP contribution in [0.2, 0.25) is 0 Å². The Morgan fingerprint density at radius 2 is 1.88 bits per heavy atom. The molecular formula is C21H27N3O2. The molecule has 0 bridgehead atoms. The Kier molecular flexibility index (Phi) is 6.61. The number of rotatable bonds is 8. The first-order valence-corrected chi connectivity index (χ1v) is 9.41. The van der Waals surface area contributed by atoms with Crippen LogP contribution in [0.3, 0.4) is 0 Å². The standard InChI is InChI=1S/C21H27N3O2/c22-21(25)19-12-18(14-24-15-19)17-6-8-20(9-7-17)26-11-10-23-13-16-4-2-1-3-5-16/h6-9,12,14-16,23H,1-5,10-11,13H2,(H2,22,25). The first kappa shape index (κ1) is 18.4. The molecule has 26 heavy (non-hydrogen) atoms. The van der Waals surface area contributed by atoms with Gasteiger partial charge < -0.3 is 15.8 Å². The van der Waals surface area contributed by atoms with Gasteiger partial charge in [0, 0.05) is 24.5 Å². The molecule has 138 valence electrons. The van der Waals surface area contributed by atoms with E-state index in [0.717, 1.165) is 35.9 Å². The number of amides is 1. The molecule has 1 fully saturated rings. The summed E-state index contributed by atoms with van der Waals surface area (Å²) in [6.45, 7) is 2.62. The third-order valence-electron chi connectivity index (χ3n) is 4.92. The average Bonchev–Trinajstić information content (AvgIpc) is 2.69. The second-order valence-electron chi connectivity index (χ2n) is 6.91. The quantitative estimate of drug-likeness (QED) is 0.713. The van der Waals surface area contributed by atoms with Gasteiger partial charge in [-0.25, -0.2) is 0 Å². The van der Waals surface area contributed by atoms with Crippen LogP contribution in [0.1, 0.15) is 42.5 Å². The molecule has 0 spiro atoms. The van der Waals surface area contributed by atoms with Crippen LogP contribution in [0.4, 0.5) is 0 Å². The van der Waals surface area contributed by atoms with E-state index in [-0.39, 0.29) is 0 Å². The van der Waals surface area contributed by atoms with Crippen LogP contribution in [0.15, 0.2) is 42.7 Å². The fourth-order valence-corrected chi connectivity index (χ4v) is 3.41. The third kappa shape index (κ3) is 5.30.